The first-order chi connectivity index (χ1) is 18.5. The molecule has 0 aliphatic heterocycles. The van der Waals surface area contributed by atoms with Gasteiger partial charge in [0.25, 0.3) is 11.8 Å². The van der Waals surface area contributed by atoms with Crippen LogP contribution in [0.4, 0.5) is 0 Å². The number of pyridine rings is 1. The first-order valence-corrected chi connectivity index (χ1v) is 12.4. The lowest BCUT2D eigenvalue weighted by Crippen LogP contribution is -2.49. The van der Waals surface area contributed by atoms with E-state index in [-0.39, 0.29) is 18.0 Å². The third kappa shape index (κ3) is 5.78. The van der Waals surface area contributed by atoms with Gasteiger partial charge in [-0.15, -0.1) is 0 Å². The van der Waals surface area contributed by atoms with Gasteiger partial charge in [0.15, 0.2) is 5.82 Å². The highest BCUT2D eigenvalue weighted by atomic mass is 16.5. The van der Waals surface area contributed by atoms with Gasteiger partial charge in [-0.05, 0) is 48.7 Å². The molecule has 5 rings (SSSR count). The molecule has 1 atom stereocenters. The summed E-state index contributed by atoms with van der Waals surface area (Å²) in [6.45, 7) is 0. The molecular formula is C29H27N5O4. The minimum absolute atomic E-state index is 0.0207. The summed E-state index contributed by atoms with van der Waals surface area (Å²) in [5.41, 5.74) is 2.66. The Labute approximate surface area is 219 Å². The van der Waals surface area contributed by atoms with Gasteiger partial charge in [-0.1, -0.05) is 42.5 Å². The Morgan fingerprint density at radius 1 is 1.00 bits per heavy atom. The van der Waals surface area contributed by atoms with Gasteiger partial charge in [0.2, 0.25) is 5.78 Å². The van der Waals surface area contributed by atoms with Crippen molar-refractivity contribution in [1.82, 2.24) is 25.4 Å². The molecule has 2 heterocycles. The molecule has 1 aliphatic rings. The van der Waals surface area contributed by atoms with E-state index in [1.165, 1.54) is 4.68 Å². The maximum Gasteiger partial charge on any atom is 0.289 e. The Balaban J connectivity index is 1.39. The van der Waals surface area contributed by atoms with Crippen LogP contribution in [0.3, 0.4) is 0 Å². The molecule has 1 saturated carbocycles. The van der Waals surface area contributed by atoms with Crippen molar-refractivity contribution in [3.8, 4) is 22.8 Å². The number of carbonyl (C=O) groups is 3. The number of nitrogens with zero attached hydrogens (tertiary/aromatic N) is 3. The molecule has 9 nitrogen and oxygen atoms in total. The number of hydrogen-bond acceptors (Lipinski definition) is 6. The van der Waals surface area contributed by atoms with Gasteiger partial charge in [0.05, 0.1) is 18.4 Å². The third-order valence-corrected chi connectivity index (χ3v) is 6.26. The Hall–Kier alpha value is -4.79. The SMILES string of the molecule is COc1ccc(CC(NC(=O)c2cccnc2-n2ccc(-c3ccccc3)n2)C(=O)C(=O)NC2CC2)cc1. The molecule has 38 heavy (non-hydrogen) atoms. The fourth-order valence-electron chi connectivity index (χ4n) is 4.05. The zero-order valence-electron chi connectivity index (χ0n) is 20.8. The Morgan fingerprint density at radius 3 is 2.47 bits per heavy atom. The molecular weight excluding hydrogens is 482 g/mol. The fraction of sp³-hybridized carbons (Fsp3) is 0.207. The number of aromatic nitrogens is 3. The van der Waals surface area contributed by atoms with E-state index in [1.807, 2.05) is 36.4 Å². The van der Waals surface area contributed by atoms with Crippen LogP contribution < -0.4 is 15.4 Å². The summed E-state index contributed by atoms with van der Waals surface area (Å²) < 4.78 is 6.73. The fourth-order valence-corrected chi connectivity index (χ4v) is 4.05. The molecule has 1 fully saturated rings. The number of amides is 2. The normalized spacial score (nSPS) is 13.4. The zero-order chi connectivity index (χ0) is 26.5. The van der Waals surface area contributed by atoms with Crippen LogP contribution in [0, 0.1) is 0 Å². The van der Waals surface area contributed by atoms with Crippen LogP contribution in [-0.4, -0.2) is 51.6 Å². The largest absolute Gasteiger partial charge is 0.497 e. The van der Waals surface area contributed by atoms with Crippen LogP contribution in [-0.2, 0) is 16.0 Å². The van der Waals surface area contributed by atoms with Crippen molar-refractivity contribution >= 4 is 17.6 Å². The molecule has 0 spiro atoms. The van der Waals surface area contributed by atoms with E-state index in [0.717, 1.165) is 29.7 Å². The number of hydrogen-bond donors (Lipinski definition) is 2. The summed E-state index contributed by atoms with van der Waals surface area (Å²) in [6, 6.07) is 20.8. The van der Waals surface area contributed by atoms with Crippen LogP contribution in [0.2, 0.25) is 0 Å². The number of carbonyl (C=O) groups excluding carboxylic acids is 3. The second-order valence-corrected chi connectivity index (χ2v) is 9.08. The Kier molecular flexibility index (Phi) is 7.26. The maximum absolute atomic E-state index is 13.5. The highest BCUT2D eigenvalue weighted by molar-refractivity contribution is 6.38. The van der Waals surface area contributed by atoms with Crippen molar-refractivity contribution < 1.29 is 19.1 Å². The topological polar surface area (TPSA) is 115 Å². The monoisotopic (exact) mass is 509 g/mol. The minimum Gasteiger partial charge on any atom is -0.497 e. The maximum atomic E-state index is 13.5. The zero-order valence-corrected chi connectivity index (χ0v) is 20.8. The number of ketones is 1. The van der Waals surface area contributed by atoms with Gasteiger partial charge < -0.3 is 15.4 Å². The predicted molar refractivity (Wildman–Crippen MR) is 141 cm³/mol. The van der Waals surface area contributed by atoms with Crippen LogP contribution >= 0.6 is 0 Å². The van der Waals surface area contributed by atoms with Crippen LogP contribution in [0.15, 0.2) is 85.2 Å². The highest BCUT2D eigenvalue weighted by Gasteiger charge is 2.32. The van der Waals surface area contributed by atoms with Crippen molar-refractivity contribution in [2.45, 2.75) is 31.3 Å². The van der Waals surface area contributed by atoms with Gasteiger partial charge in [-0.25, -0.2) is 9.67 Å². The van der Waals surface area contributed by atoms with Crippen molar-refractivity contribution in [2.24, 2.45) is 0 Å². The quantitative estimate of drug-likeness (QED) is 0.318. The van der Waals surface area contributed by atoms with Crippen LogP contribution in [0.25, 0.3) is 17.1 Å². The van der Waals surface area contributed by atoms with Crippen molar-refractivity contribution in [2.75, 3.05) is 7.11 Å². The molecule has 2 aromatic heterocycles. The van der Waals surface area contributed by atoms with Gasteiger partial charge >= 0.3 is 0 Å². The molecule has 0 radical (unpaired) electrons. The third-order valence-electron chi connectivity index (χ3n) is 6.26. The smallest absolute Gasteiger partial charge is 0.289 e. The van der Waals surface area contributed by atoms with E-state index in [9.17, 15) is 14.4 Å². The molecule has 9 heteroatoms. The van der Waals surface area contributed by atoms with E-state index < -0.39 is 23.6 Å². The van der Waals surface area contributed by atoms with E-state index in [0.29, 0.717) is 11.6 Å². The first kappa shape index (κ1) is 24.9. The Morgan fingerprint density at radius 2 is 1.76 bits per heavy atom. The van der Waals surface area contributed by atoms with Gasteiger partial charge in [0, 0.05) is 30.4 Å². The summed E-state index contributed by atoms with van der Waals surface area (Å²) in [4.78, 5) is 43.6. The van der Waals surface area contributed by atoms with Gasteiger partial charge in [0.1, 0.15) is 11.8 Å². The number of rotatable bonds is 10. The summed E-state index contributed by atoms with van der Waals surface area (Å²) in [7, 11) is 1.57. The molecule has 2 amide bonds. The number of benzene rings is 2. The Bertz CT molecular complexity index is 1450. The van der Waals surface area contributed by atoms with E-state index in [1.54, 1.807) is 55.9 Å². The van der Waals surface area contributed by atoms with Crippen molar-refractivity contribution in [3.05, 3.63) is 96.3 Å². The van der Waals surface area contributed by atoms with Gasteiger partial charge in [-0.2, -0.15) is 5.10 Å². The average molecular weight is 510 g/mol. The summed E-state index contributed by atoms with van der Waals surface area (Å²) in [5.74, 6) is -0.947. The number of methoxy groups -OCH3 is 1. The predicted octanol–water partition coefficient (Wildman–Crippen LogP) is 3.13. The van der Waals surface area contributed by atoms with Crippen molar-refractivity contribution in [3.63, 3.8) is 0 Å². The minimum atomic E-state index is -1.07. The molecule has 1 aliphatic carbocycles. The number of Topliss-reactive ketones (excluding diaryl/α,β-unsaturated/α-hetero) is 1. The lowest BCUT2D eigenvalue weighted by atomic mass is 10.0. The second kappa shape index (κ2) is 11.1. The lowest BCUT2D eigenvalue weighted by Gasteiger charge is -2.18. The van der Waals surface area contributed by atoms with E-state index in [2.05, 4.69) is 20.7 Å². The first-order valence-electron chi connectivity index (χ1n) is 12.4. The second-order valence-electron chi connectivity index (χ2n) is 9.08. The van der Waals surface area contributed by atoms with Gasteiger partial charge in [-0.3, -0.25) is 14.4 Å². The summed E-state index contributed by atoms with van der Waals surface area (Å²) >= 11 is 0. The van der Waals surface area contributed by atoms with Crippen LogP contribution in [0.5, 0.6) is 5.75 Å². The molecule has 0 saturated heterocycles. The van der Waals surface area contributed by atoms with E-state index in [4.69, 9.17) is 4.74 Å². The number of nitrogens with one attached hydrogen (secondary N) is 2. The average Bonchev–Trinajstić information content (AvgIpc) is 3.64. The standard InChI is InChI=1S/C29H27N5O4/c1-38-22-13-9-19(10-14-22)18-25(26(35)29(37)31-21-11-12-21)32-28(36)23-8-5-16-30-27(23)34-17-15-24(33-34)20-6-3-2-4-7-20/h2-10,13-17,21,25H,11-12,18H2,1H3,(H,31,37)(H,32,36). The molecule has 2 aromatic carbocycles. The number of ether oxygens (including phenoxy) is 1. The van der Waals surface area contributed by atoms with Crippen molar-refractivity contribution in [1.29, 1.82) is 0 Å². The lowest BCUT2D eigenvalue weighted by molar-refractivity contribution is -0.139. The highest BCUT2D eigenvalue weighted by Crippen LogP contribution is 2.20. The van der Waals surface area contributed by atoms with E-state index >= 15 is 0 Å². The summed E-state index contributed by atoms with van der Waals surface area (Å²) in [6.07, 6.45) is 5.14. The summed E-state index contributed by atoms with van der Waals surface area (Å²) in [5, 5.41) is 10.1. The molecule has 1 unspecified atom stereocenters. The molecule has 4 aromatic rings. The molecule has 0 bridgehead atoms. The molecule has 2 N–H and O–H groups in total. The van der Waals surface area contributed by atoms with Crippen LogP contribution in [0.1, 0.15) is 28.8 Å². The molecule has 192 valence electrons.